The second kappa shape index (κ2) is 6.88. The highest BCUT2D eigenvalue weighted by Gasteiger charge is 2.29. The van der Waals surface area contributed by atoms with Crippen LogP contribution >= 0.6 is 0 Å². The summed E-state index contributed by atoms with van der Waals surface area (Å²) in [6, 6.07) is 15.8. The van der Waals surface area contributed by atoms with Gasteiger partial charge in [0.15, 0.2) is 0 Å². The molecular weight excluding hydrogens is 334 g/mol. The monoisotopic (exact) mass is 357 g/mol. The Morgan fingerprint density at radius 1 is 0.880 bits per heavy atom. The summed E-state index contributed by atoms with van der Waals surface area (Å²) >= 11 is 0. The Morgan fingerprint density at radius 2 is 1.60 bits per heavy atom. The van der Waals surface area contributed by atoms with E-state index in [-0.39, 0.29) is 0 Å². The van der Waals surface area contributed by atoms with E-state index in [0.717, 1.165) is 38.3 Å². The zero-order chi connectivity index (χ0) is 17.3. The lowest BCUT2D eigenvalue weighted by atomic mass is 10.1. The van der Waals surface area contributed by atoms with Gasteiger partial charge in [-0.15, -0.1) is 0 Å². The fourth-order valence-corrected chi connectivity index (χ4v) is 5.02. The molecule has 0 bridgehead atoms. The lowest BCUT2D eigenvalue weighted by Crippen LogP contribution is -2.48. The van der Waals surface area contributed by atoms with Crippen molar-refractivity contribution in [1.29, 1.82) is 0 Å². The fraction of sp³-hybridized carbons (Fsp3) is 0.368. The van der Waals surface area contributed by atoms with E-state index in [1.54, 1.807) is 10.4 Å². The molecule has 1 fully saturated rings. The zero-order valence-corrected chi connectivity index (χ0v) is 15.0. The second-order valence-electron chi connectivity index (χ2n) is 6.70. The molecule has 0 atom stereocenters. The highest BCUT2D eigenvalue weighted by atomic mass is 32.2. The number of nitrogens with one attached hydrogen (secondary N) is 1. The van der Waals surface area contributed by atoms with Crippen LogP contribution in [0.2, 0.25) is 0 Å². The van der Waals surface area contributed by atoms with Crippen LogP contribution in [-0.2, 0) is 29.7 Å². The van der Waals surface area contributed by atoms with Crippen LogP contribution in [0.5, 0.6) is 0 Å². The van der Waals surface area contributed by atoms with Crippen LogP contribution in [0.15, 0.2) is 53.4 Å². The summed E-state index contributed by atoms with van der Waals surface area (Å²) in [5.41, 5.74) is 3.57. The Balaban J connectivity index is 1.43. The van der Waals surface area contributed by atoms with Gasteiger partial charge in [-0.1, -0.05) is 36.4 Å². The van der Waals surface area contributed by atoms with Crippen LogP contribution < -0.4 is 5.32 Å². The minimum Gasteiger partial charge on any atom is -0.309 e. The molecule has 2 aliphatic heterocycles. The van der Waals surface area contributed by atoms with Crippen LogP contribution in [0.4, 0.5) is 0 Å². The average molecular weight is 357 g/mol. The first-order valence-corrected chi connectivity index (χ1v) is 10.2. The number of benzene rings is 2. The van der Waals surface area contributed by atoms with Gasteiger partial charge >= 0.3 is 0 Å². The molecule has 5 nitrogen and oxygen atoms in total. The van der Waals surface area contributed by atoms with Gasteiger partial charge in [0, 0.05) is 45.8 Å². The van der Waals surface area contributed by atoms with Crippen molar-refractivity contribution in [3.05, 3.63) is 65.2 Å². The smallest absolute Gasteiger partial charge is 0.243 e. The SMILES string of the molecule is O=S(=O)(c1ccc2c(c1)CNC2)N1CCN(Cc2ccccc2)CC1. The molecule has 0 spiro atoms. The lowest BCUT2D eigenvalue weighted by molar-refractivity contribution is 0.181. The van der Waals surface area contributed by atoms with Gasteiger partial charge in [0.2, 0.25) is 10.0 Å². The Morgan fingerprint density at radius 3 is 2.36 bits per heavy atom. The van der Waals surface area contributed by atoms with E-state index >= 15 is 0 Å². The van der Waals surface area contributed by atoms with Crippen molar-refractivity contribution in [1.82, 2.24) is 14.5 Å². The van der Waals surface area contributed by atoms with Crippen molar-refractivity contribution >= 4 is 10.0 Å². The zero-order valence-electron chi connectivity index (χ0n) is 14.2. The van der Waals surface area contributed by atoms with Crippen molar-refractivity contribution in [3.8, 4) is 0 Å². The molecule has 2 aliphatic rings. The molecule has 0 aliphatic carbocycles. The van der Waals surface area contributed by atoms with E-state index in [2.05, 4.69) is 22.3 Å². The fourth-order valence-electron chi connectivity index (χ4n) is 3.55. The maximum atomic E-state index is 12.9. The normalized spacial score (nSPS) is 19.0. The van der Waals surface area contributed by atoms with E-state index in [1.807, 2.05) is 30.3 Å². The molecule has 2 aromatic rings. The quantitative estimate of drug-likeness (QED) is 0.907. The van der Waals surface area contributed by atoms with Gasteiger partial charge < -0.3 is 5.32 Å². The van der Waals surface area contributed by atoms with Gasteiger partial charge in [-0.3, -0.25) is 4.90 Å². The van der Waals surface area contributed by atoms with E-state index in [9.17, 15) is 8.42 Å². The Bertz CT molecular complexity index is 844. The topological polar surface area (TPSA) is 52.7 Å². The van der Waals surface area contributed by atoms with Gasteiger partial charge in [-0.2, -0.15) is 4.31 Å². The molecule has 6 heteroatoms. The van der Waals surface area contributed by atoms with E-state index < -0.39 is 10.0 Å². The molecule has 1 N–H and O–H groups in total. The highest BCUT2D eigenvalue weighted by molar-refractivity contribution is 7.89. The number of hydrogen-bond acceptors (Lipinski definition) is 4. The number of fused-ring (bicyclic) bond motifs is 1. The molecule has 2 aromatic carbocycles. The third-order valence-corrected chi connectivity index (χ3v) is 6.92. The van der Waals surface area contributed by atoms with E-state index in [4.69, 9.17) is 0 Å². The summed E-state index contributed by atoms with van der Waals surface area (Å²) < 4.78 is 27.5. The first kappa shape index (κ1) is 16.7. The average Bonchev–Trinajstić information content (AvgIpc) is 3.11. The number of sulfonamides is 1. The molecular formula is C19H23N3O2S. The Kier molecular flexibility index (Phi) is 4.60. The largest absolute Gasteiger partial charge is 0.309 e. The van der Waals surface area contributed by atoms with Gasteiger partial charge in [0.05, 0.1) is 4.90 Å². The van der Waals surface area contributed by atoms with Crippen LogP contribution in [0, 0.1) is 0 Å². The first-order chi connectivity index (χ1) is 12.1. The predicted octanol–water partition coefficient (Wildman–Crippen LogP) is 1.80. The molecule has 25 heavy (non-hydrogen) atoms. The maximum Gasteiger partial charge on any atom is 0.243 e. The molecule has 132 valence electrons. The standard InChI is InChI=1S/C19H23N3O2S/c23-25(24,19-7-6-17-13-20-14-18(17)12-19)22-10-8-21(9-11-22)15-16-4-2-1-3-5-16/h1-7,12,20H,8-11,13-15H2. The summed E-state index contributed by atoms with van der Waals surface area (Å²) in [6.07, 6.45) is 0. The van der Waals surface area contributed by atoms with Crippen LogP contribution in [-0.4, -0.2) is 43.8 Å². The van der Waals surface area contributed by atoms with Gasteiger partial charge in [-0.05, 0) is 28.8 Å². The number of hydrogen-bond donors (Lipinski definition) is 1. The third-order valence-electron chi connectivity index (χ3n) is 5.03. The number of nitrogens with zero attached hydrogens (tertiary/aromatic N) is 2. The van der Waals surface area contributed by atoms with Gasteiger partial charge in [0.1, 0.15) is 0 Å². The Labute approximate surface area is 149 Å². The molecule has 0 aromatic heterocycles. The van der Waals surface area contributed by atoms with Crippen molar-refractivity contribution in [2.75, 3.05) is 26.2 Å². The van der Waals surface area contributed by atoms with Crippen LogP contribution in [0.1, 0.15) is 16.7 Å². The van der Waals surface area contributed by atoms with E-state index in [1.165, 1.54) is 11.1 Å². The summed E-state index contributed by atoms with van der Waals surface area (Å²) in [5, 5.41) is 3.26. The van der Waals surface area contributed by atoms with Crippen molar-refractivity contribution in [3.63, 3.8) is 0 Å². The molecule has 0 saturated carbocycles. The van der Waals surface area contributed by atoms with Crippen molar-refractivity contribution in [2.45, 2.75) is 24.5 Å². The first-order valence-electron chi connectivity index (χ1n) is 8.72. The second-order valence-corrected chi connectivity index (χ2v) is 8.64. The molecule has 1 saturated heterocycles. The predicted molar refractivity (Wildman–Crippen MR) is 97.5 cm³/mol. The minimum atomic E-state index is -3.40. The van der Waals surface area contributed by atoms with Gasteiger partial charge in [-0.25, -0.2) is 8.42 Å². The highest BCUT2D eigenvalue weighted by Crippen LogP contribution is 2.23. The maximum absolute atomic E-state index is 12.9. The molecule has 0 radical (unpaired) electrons. The number of rotatable bonds is 4. The van der Waals surface area contributed by atoms with E-state index in [0.29, 0.717) is 18.0 Å². The van der Waals surface area contributed by atoms with Crippen LogP contribution in [0.25, 0.3) is 0 Å². The van der Waals surface area contributed by atoms with Crippen molar-refractivity contribution < 1.29 is 8.42 Å². The summed E-state index contributed by atoms with van der Waals surface area (Å²) in [6.45, 7) is 5.08. The van der Waals surface area contributed by atoms with Crippen molar-refractivity contribution in [2.24, 2.45) is 0 Å². The molecule has 0 amide bonds. The Hall–Kier alpha value is -1.73. The summed E-state index contributed by atoms with van der Waals surface area (Å²) in [4.78, 5) is 2.74. The summed E-state index contributed by atoms with van der Waals surface area (Å²) in [7, 11) is -3.40. The molecule has 0 unspecified atom stereocenters. The third kappa shape index (κ3) is 3.48. The lowest BCUT2D eigenvalue weighted by Gasteiger charge is -2.34. The van der Waals surface area contributed by atoms with Crippen LogP contribution in [0.3, 0.4) is 0 Å². The number of piperazine rings is 1. The molecule has 2 heterocycles. The van der Waals surface area contributed by atoms with Gasteiger partial charge in [0.25, 0.3) is 0 Å². The summed E-state index contributed by atoms with van der Waals surface area (Å²) in [5.74, 6) is 0. The minimum absolute atomic E-state index is 0.423. The molecule has 4 rings (SSSR count).